The molecule has 1 aromatic heterocycles. The minimum Gasteiger partial charge on any atom is -0.494 e. The fourth-order valence-electron chi connectivity index (χ4n) is 4.00. The summed E-state index contributed by atoms with van der Waals surface area (Å²) in [6, 6.07) is 20.7. The summed E-state index contributed by atoms with van der Waals surface area (Å²) in [7, 11) is 0. The lowest BCUT2D eigenvalue weighted by molar-refractivity contribution is -0.384. The molecule has 2 heterocycles. The number of ether oxygens (including phenoxy) is 1. The molecular weight excluding hydrogens is 504 g/mol. The van der Waals surface area contributed by atoms with Gasteiger partial charge in [0, 0.05) is 17.7 Å². The van der Waals surface area contributed by atoms with E-state index < -0.39 is 10.5 Å². The van der Waals surface area contributed by atoms with Gasteiger partial charge in [-0.25, -0.2) is 4.99 Å². The number of nitrogens with one attached hydrogen (secondary N) is 1. The molecule has 1 aliphatic heterocycles. The van der Waals surface area contributed by atoms with Crippen LogP contribution in [0, 0.1) is 21.8 Å². The summed E-state index contributed by atoms with van der Waals surface area (Å²) in [5.41, 5.74) is 2.36. The normalized spacial score (nSPS) is 13.5. The third-order valence-corrected chi connectivity index (χ3v) is 6.13. The first kappa shape index (κ1) is 24.6. The number of hydrogen-bond acceptors (Lipinski definition) is 7. The van der Waals surface area contributed by atoms with Gasteiger partial charge in [-0.3, -0.25) is 24.5 Å². The number of aromatic hydroxyl groups is 1. The third-order valence-electron chi connectivity index (χ3n) is 5.85. The van der Waals surface area contributed by atoms with Crippen molar-refractivity contribution in [2.45, 2.75) is 6.92 Å². The number of allylic oxidation sites excluding steroid dienone is 2. The zero-order chi connectivity index (χ0) is 26.8. The number of aryl methyl sites for hydroxylation is 1. The number of hydrogen-bond donors (Lipinski definition) is 2. The molecule has 2 N–H and O–H groups in total. The molecule has 4 aromatic rings. The molecule has 0 spiro atoms. The number of nitro benzene ring substituents is 1. The molecular formula is C28H20N4O5S. The smallest absolute Gasteiger partial charge is 0.269 e. The maximum atomic E-state index is 12.7. The Morgan fingerprint density at radius 1 is 1.05 bits per heavy atom. The monoisotopic (exact) mass is 524 g/mol. The van der Waals surface area contributed by atoms with Crippen LogP contribution in [0.15, 0.2) is 100 Å². The van der Waals surface area contributed by atoms with E-state index in [2.05, 4.69) is 9.98 Å². The third kappa shape index (κ3) is 4.93. The quantitative estimate of drug-likeness (QED) is 0.181. The second kappa shape index (κ2) is 10.1. The topological polar surface area (TPSA) is 123 Å². The summed E-state index contributed by atoms with van der Waals surface area (Å²) in [5, 5.41) is 22.1. The highest BCUT2D eigenvalue weighted by atomic mass is 32.1. The van der Waals surface area contributed by atoms with Gasteiger partial charge in [0.25, 0.3) is 11.2 Å². The SMILES string of the molecule is Cc1cc([N+](=O)[O-])ccc1C1=NC(=Cc2c(O)n(-c3ccc(Oc4ccccc4)cc3)c(=S)[nH]c2=O)C=C1. The minimum atomic E-state index is -0.566. The van der Waals surface area contributed by atoms with Gasteiger partial charge >= 0.3 is 0 Å². The molecule has 5 rings (SSSR count). The van der Waals surface area contributed by atoms with Gasteiger partial charge in [-0.05, 0) is 85.4 Å². The molecule has 188 valence electrons. The molecule has 0 bridgehead atoms. The number of aromatic nitrogens is 2. The fourth-order valence-corrected chi connectivity index (χ4v) is 4.29. The van der Waals surface area contributed by atoms with E-state index in [0.29, 0.717) is 34.2 Å². The first-order valence-electron chi connectivity index (χ1n) is 11.5. The highest BCUT2D eigenvalue weighted by Crippen LogP contribution is 2.27. The minimum absolute atomic E-state index is 0.00531. The number of nitrogens with zero attached hydrogens (tertiary/aromatic N) is 3. The number of non-ortho nitro benzene ring substituents is 1. The molecule has 0 fully saturated rings. The van der Waals surface area contributed by atoms with Gasteiger partial charge in [-0.15, -0.1) is 0 Å². The Bertz CT molecular complexity index is 1770. The van der Waals surface area contributed by atoms with Crippen molar-refractivity contribution >= 4 is 29.7 Å². The van der Waals surface area contributed by atoms with Crippen molar-refractivity contribution in [2.24, 2.45) is 4.99 Å². The second-order valence-electron chi connectivity index (χ2n) is 8.40. The van der Waals surface area contributed by atoms with Gasteiger partial charge in [-0.1, -0.05) is 18.2 Å². The van der Waals surface area contributed by atoms with Crippen LogP contribution in [0.2, 0.25) is 0 Å². The van der Waals surface area contributed by atoms with E-state index in [1.165, 1.54) is 22.8 Å². The largest absolute Gasteiger partial charge is 0.494 e. The number of aromatic amines is 1. The highest BCUT2D eigenvalue weighted by Gasteiger charge is 2.17. The molecule has 10 heteroatoms. The van der Waals surface area contributed by atoms with Crippen molar-refractivity contribution in [3.05, 3.63) is 133 Å². The zero-order valence-electron chi connectivity index (χ0n) is 20.0. The molecule has 0 saturated carbocycles. The average molecular weight is 525 g/mol. The number of nitro groups is 1. The summed E-state index contributed by atoms with van der Waals surface area (Å²) < 4.78 is 7.19. The van der Waals surface area contributed by atoms with E-state index in [-0.39, 0.29) is 21.9 Å². The summed E-state index contributed by atoms with van der Waals surface area (Å²) in [4.78, 5) is 30.4. The van der Waals surface area contributed by atoms with E-state index in [9.17, 15) is 20.0 Å². The van der Waals surface area contributed by atoms with Crippen LogP contribution in [0.1, 0.15) is 16.7 Å². The molecule has 9 nitrogen and oxygen atoms in total. The van der Waals surface area contributed by atoms with E-state index in [1.54, 1.807) is 49.4 Å². The number of aliphatic imine (C=N–C) groups is 1. The first-order valence-corrected chi connectivity index (χ1v) is 11.9. The average Bonchev–Trinajstić information content (AvgIpc) is 3.36. The van der Waals surface area contributed by atoms with Gasteiger partial charge in [0.1, 0.15) is 17.1 Å². The summed E-state index contributed by atoms with van der Waals surface area (Å²) in [6.07, 6.45) is 4.89. The van der Waals surface area contributed by atoms with Crippen molar-refractivity contribution in [1.82, 2.24) is 9.55 Å². The number of benzene rings is 3. The van der Waals surface area contributed by atoms with Gasteiger partial charge in [0.2, 0.25) is 5.88 Å². The molecule has 3 aromatic carbocycles. The highest BCUT2D eigenvalue weighted by molar-refractivity contribution is 7.71. The van der Waals surface area contributed by atoms with Crippen molar-refractivity contribution in [3.63, 3.8) is 0 Å². The molecule has 0 atom stereocenters. The number of rotatable bonds is 6. The Labute approximate surface area is 221 Å². The first-order chi connectivity index (χ1) is 18.3. The van der Waals surface area contributed by atoms with Crippen molar-refractivity contribution in [3.8, 4) is 23.1 Å². The molecule has 0 saturated heterocycles. The molecule has 38 heavy (non-hydrogen) atoms. The second-order valence-corrected chi connectivity index (χ2v) is 8.78. The van der Waals surface area contributed by atoms with Crippen molar-refractivity contribution in [1.29, 1.82) is 0 Å². The fraction of sp³-hybridized carbons (Fsp3) is 0.0357. The Morgan fingerprint density at radius 2 is 1.76 bits per heavy atom. The predicted molar refractivity (Wildman–Crippen MR) is 147 cm³/mol. The van der Waals surface area contributed by atoms with Crippen LogP contribution < -0.4 is 10.3 Å². The van der Waals surface area contributed by atoms with Gasteiger partial charge in [0.05, 0.1) is 22.0 Å². The number of H-pyrrole nitrogens is 1. The zero-order valence-corrected chi connectivity index (χ0v) is 20.8. The lowest BCUT2D eigenvalue weighted by atomic mass is 10.0. The van der Waals surface area contributed by atoms with E-state index >= 15 is 0 Å². The maximum absolute atomic E-state index is 12.7. The summed E-state index contributed by atoms with van der Waals surface area (Å²) in [6.45, 7) is 1.76. The van der Waals surface area contributed by atoms with E-state index in [0.717, 1.165) is 5.56 Å². The standard InChI is InChI=1S/C28H20N4O5S/c1-17-15-20(32(35)36)10-13-23(17)25-14-7-18(29-25)16-24-26(33)30-28(38)31(27(24)34)19-8-11-22(12-9-19)37-21-5-3-2-4-6-21/h2-16,34H,1H3,(H,30,33,38). The van der Waals surface area contributed by atoms with Crippen molar-refractivity contribution in [2.75, 3.05) is 0 Å². The van der Waals surface area contributed by atoms with Crippen LogP contribution in [-0.2, 0) is 0 Å². The predicted octanol–water partition coefficient (Wildman–Crippen LogP) is 6.01. The number of para-hydroxylation sites is 1. The molecule has 1 aliphatic rings. The van der Waals surface area contributed by atoms with Gasteiger partial charge in [-0.2, -0.15) is 0 Å². The van der Waals surface area contributed by atoms with Crippen LogP contribution in [-0.4, -0.2) is 25.3 Å². The molecule has 0 aliphatic carbocycles. The van der Waals surface area contributed by atoms with Crippen LogP contribution in [0.5, 0.6) is 17.4 Å². The summed E-state index contributed by atoms with van der Waals surface area (Å²) >= 11 is 5.32. The lowest BCUT2D eigenvalue weighted by Crippen LogP contribution is -2.16. The van der Waals surface area contributed by atoms with Crippen LogP contribution in [0.3, 0.4) is 0 Å². The summed E-state index contributed by atoms with van der Waals surface area (Å²) in [5.74, 6) is 0.940. The van der Waals surface area contributed by atoms with Crippen molar-refractivity contribution < 1.29 is 14.8 Å². The van der Waals surface area contributed by atoms with E-state index in [1.807, 2.05) is 30.3 Å². The Balaban J connectivity index is 1.47. The Hall–Kier alpha value is -5.09. The van der Waals surface area contributed by atoms with Crippen LogP contribution in [0.25, 0.3) is 11.8 Å². The van der Waals surface area contributed by atoms with Crippen LogP contribution >= 0.6 is 12.2 Å². The molecule has 0 unspecified atom stereocenters. The Morgan fingerprint density at radius 3 is 2.45 bits per heavy atom. The van der Waals surface area contributed by atoms with Gasteiger partial charge < -0.3 is 9.84 Å². The van der Waals surface area contributed by atoms with E-state index in [4.69, 9.17) is 17.0 Å². The Kier molecular flexibility index (Phi) is 6.55. The molecule has 0 radical (unpaired) electrons. The van der Waals surface area contributed by atoms with Crippen LogP contribution in [0.4, 0.5) is 5.69 Å². The molecule has 0 amide bonds. The van der Waals surface area contributed by atoms with Gasteiger partial charge in [0.15, 0.2) is 4.77 Å². The maximum Gasteiger partial charge on any atom is 0.269 e. The lowest BCUT2D eigenvalue weighted by Gasteiger charge is -2.12.